The maximum absolute atomic E-state index is 4.77. The van der Waals surface area contributed by atoms with Gasteiger partial charge in [0.2, 0.25) is 0 Å². The summed E-state index contributed by atoms with van der Waals surface area (Å²) in [6.45, 7) is 3.07. The molecule has 2 nitrogen and oxygen atoms in total. The number of hydrogen-bond acceptors (Lipinski definition) is 1. The summed E-state index contributed by atoms with van der Waals surface area (Å²) < 4.78 is 3.46. The Labute approximate surface area is 127 Å². The van der Waals surface area contributed by atoms with Gasteiger partial charge in [-0.05, 0) is 36.2 Å². The van der Waals surface area contributed by atoms with E-state index in [1.54, 1.807) is 0 Å². The average Bonchev–Trinajstić information content (AvgIpc) is 2.78. The molecule has 1 aromatic heterocycles. The lowest BCUT2D eigenvalue weighted by Crippen LogP contribution is -2.05. The van der Waals surface area contributed by atoms with Crippen molar-refractivity contribution in [1.82, 2.24) is 9.55 Å². The third-order valence-corrected chi connectivity index (χ3v) is 3.93. The van der Waals surface area contributed by atoms with Crippen LogP contribution in [0.4, 0.5) is 0 Å². The first-order valence-corrected chi connectivity index (χ1v) is 7.76. The van der Waals surface area contributed by atoms with Gasteiger partial charge >= 0.3 is 0 Å². The van der Waals surface area contributed by atoms with E-state index in [4.69, 9.17) is 4.98 Å². The van der Waals surface area contributed by atoms with Crippen LogP contribution in [0.15, 0.2) is 53.0 Å². The third kappa shape index (κ3) is 2.63. The molecule has 0 aliphatic carbocycles. The van der Waals surface area contributed by atoms with E-state index in [0.717, 1.165) is 29.4 Å². The van der Waals surface area contributed by atoms with E-state index in [9.17, 15) is 0 Å². The maximum Gasteiger partial charge on any atom is 0.110 e. The monoisotopic (exact) mass is 328 g/mol. The lowest BCUT2D eigenvalue weighted by atomic mass is 10.2. The number of halogens is 1. The largest absolute Gasteiger partial charge is 0.323 e. The minimum atomic E-state index is 0.870. The Morgan fingerprint density at radius 3 is 2.75 bits per heavy atom. The Balaban J connectivity index is 2.06. The van der Waals surface area contributed by atoms with E-state index in [0.29, 0.717) is 0 Å². The molecule has 1 heterocycles. The molecule has 2 aromatic carbocycles. The summed E-state index contributed by atoms with van der Waals surface area (Å²) in [7, 11) is 0. The summed E-state index contributed by atoms with van der Waals surface area (Å²) in [5, 5.41) is 0. The van der Waals surface area contributed by atoms with E-state index in [2.05, 4.69) is 76.0 Å². The molecule has 0 amide bonds. The van der Waals surface area contributed by atoms with Gasteiger partial charge in [0.1, 0.15) is 5.82 Å². The molecule has 0 saturated carbocycles. The topological polar surface area (TPSA) is 17.8 Å². The van der Waals surface area contributed by atoms with Gasteiger partial charge in [0.15, 0.2) is 0 Å². The molecule has 0 fully saturated rings. The van der Waals surface area contributed by atoms with Gasteiger partial charge in [-0.15, -0.1) is 0 Å². The molecule has 0 N–H and O–H groups in total. The quantitative estimate of drug-likeness (QED) is 0.672. The van der Waals surface area contributed by atoms with Crippen LogP contribution in [0.2, 0.25) is 0 Å². The SMILES string of the molecule is CCCc1nc2ccccc2n1Cc1cccc(Br)c1. The van der Waals surface area contributed by atoms with Crippen LogP contribution in [0.5, 0.6) is 0 Å². The molecule has 20 heavy (non-hydrogen) atoms. The zero-order valence-corrected chi connectivity index (χ0v) is 13.1. The molecule has 102 valence electrons. The molecule has 0 aliphatic heterocycles. The molecule has 0 saturated heterocycles. The summed E-state index contributed by atoms with van der Waals surface area (Å²) in [5.74, 6) is 1.17. The Morgan fingerprint density at radius 1 is 1.10 bits per heavy atom. The molecule has 3 aromatic rings. The average molecular weight is 329 g/mol. The van der Waals surface area contributed by atoms with E-state index in [1.807, 2.05) is 0 Å². The minimum Gasteiger partial charge on any atom is -0.323 e. The third-order valence-electron chi connectivity index (χ3n) is 3.44. The van der Waals surface area contributed by atoms with E-state index in [-0.39, 0.29) is 0 Å². The summed E-state index contributed by atoms with van der Waals surface area (Å²) in [6, 6.07) is 16.8. The number of fused-ring (bicyclic) bond motifs is 1. The lowest BCUT2D eigenvalue weighted by Gasteiger charge is -2.09. The van der Waals surface area contributed by atoms with Crippen LogP contribution in [0.1, 0.15) is 24.7 Å². The minimum absolute atomic E-state index is 0.870. The Morgan fingerprint density at radius 2 is 1.95 bits per heavy atom. The first kappa shape index (κ1) is 13.4. The van der Waals surface area contributed by atoms with Gasteiger partial charge in [-0.25, -0.2) is 4.98 Å². The standard InChI is InChI=1S/C17H17BrN2/c1-2-6-17-19-15-9-3-4-10-16(15)20(17)12-13-7-5-8-14(18)11-13/h3-5,7-11H,2,6,12H2,1H3. The molecule has 0 unspecified atom stereocenters. The van der Waals surface area contributed by atoms with Crippen LogP contribution in [0.3, 0.4) is 0 Å². The number of hydrogen-bond donors (Lipinski definition) is 0. The first-order chi connectivity index (χ1) is 9.78. The van der Waals surface area contributed by atoms with Crippen molar-refractivity contribution in [3.8, 4) is 0 Å². The molecular formula is C17H17BrN2. The van der Waals surface area contributed by atoms with E-state index >= 15 is 0 Å². The smallest absolute Gasteiger partial charge is 0.110 e. The van der Waals surface area contributed by atoms with E-state index in [1.165, 1.54) is 16.9 Å². The fraction of sp³-hybridized carbons (Fsp3) is 0.235. The lowest BCUT2D eigenvalue weighted by molar-refractivity contribution is 0.721. The second-order valence-corrected chi connectivity index (χ2v) is 5.90. The second-order valence-electron chi connectivity index (χ2n) is 4.98. The van der Waals surface area contributed by atoms with Crippen molar-refractivity contribution in [2.45, 2.75) is 26.3 Å². The Hall–Kier alpha value is -1.61. The first-order valence-electron chi connectivity index (χ1n) is 6.96. The zero-order valence-electron chi connectivity index (χ0n) is 11.5. The summed E-state index contributed by atoms with van der Waals surface area (Å²) in [5.41, 5.74) is 3.60. The number of aryl methyl sites for hydroxylation is 1. The Kier molecular flexibility index (Phi) is 3.88. The molecule has 3 rings (SSSR count). The highest BCUT2D eigenvalue weighted by Gasteiger charge is 2.10. The fourth-order valence-electron chi connectivity index (χ4n) is 2.53. The van der Waals surface area contributed by atoms with Crippen molar-refractivity contribution in [2.24, 2.45) is 0 Å². The molecule has 0 spiro atoms. The van der Waals surface area contributed by atoms with Crippen LogP contribution in [0.25, 0.3) is 11.0 Å². The summed E-state index contributed by atoms with van der Waals surface area (Å²) >= 11 is 3.54. The van der Waals surface area contributed by atoms with Crippen molar-refractivity contribution >= 4 is 27.0 Å². The predicted octanol–water partition coefficient (Wildman–Crippen LogP) is 4.80. The van der Waals surface area contributed by atoms with Gasteiger partial charge < -0.3 is 4.57 Å². The van der Waals surface area contributed by atoms with Crippen molar-refractivity contribution in [1.29, 1.82) is 0 Å². The number of rotatable bonds is 4. The number of nitrogens with zero attached hydrogens (tertiary/aromatic N) is 2. The van der Waals surface area contributed by atoms with Crippen molar-refractivity contribution in [3.05, 3.63) is 64.4 Å². The van der Waals surface area contributed by atoms with Crippen LogP contribution in [-0.2, 0) is 13.0 Å². The predicted molar refractivity (Wildman–Crippen MR) is 87.0 cm³/mol. The van der Waals surface area contributed by atoms with Gasteiger partial charge in [-0.2, -0.15) is 0 Å². The number of aromatic nitrogens is 2. The van der Waals surface area contributed by atoms with Gasteiger partial charge in [0, 0.05) is 17.4 Å². The molecule has 0 aliphatic rings. The normalized spacial score (nSPS) is 11.1. The van der Waals surface area contributed by atoms with Crippen LogP contribution in [0, 0.1) is 0 Å². The van der Waals surface area contributed by atoms with Crippen LogP contribution >= 0.6 is 15.9 Å². The summed E-state index contributed by atoms with van der Waals surface area (Å²) in [4.78, 5) is 4.77. The molecule has 0 atom stereocenters. The maximum atomic E-state index is 4.77. The summed E-state index contributed by atoms with van der Waals surface area (Å²) in [6.07, 6.45) is 2.13. The molecular weight excluding hydrogens is 312 g/mol. The van der Waals surface area contributed by atoms with Gasteiger partial charge in [-0.1, -0.05) is 47.1 Å². The highest BCUT2D eigenvalue weighted by atomic mass is 79.9. The van der Waals surface area contributed by atoms with E-state index < -0.39 is 0 Å². The highest BCUT2D eigenvalue weighted by molar-refractivity contribution is 9.10. The van der Waals surface area contributed by atoms with Crippen molar-refractivity contribution in [2.75, 3.05) is 0 Å². The second kappa shape index (κ2) is 5.80. The Bertz CT molecular complexity index is 731. The van der Waals surface area contributed by atoms with Crippen LogP contribution in [-0.4, -0.2) is 9.55 Å². The van der Waals surface area contributed by atoms with Crippen molar-refractivity contribution < 1.29 is 0 Å². The number of imidazole rings is 1. The molecule has 0 radical (unpaired) electrons. The zero-order chi connectivity index (χ0) is 13.9. The highest BCUT2D eigenvalue weighted by Crippen LogP contribution is 2.20. The van der Waals surface area contributed by atoms with Gasteiger partial charge in [0.25, 0.3) is 0 Å². The number of para-hydroxylation sites is 2. The van der Waals surface area contributed by atoms with Gasteiger partial charge in [-0.3, -0.25) is 0 Å². The number of benzene rings is 2. The molecule has 3 heteroatoms. The van der Waals surface area contributed by atoms with Crippen molar-refractivity contribution in [3.63, 3.8) is 0 Å². The fourth-order valence-corrected chi connectivity index (χ4v) is 2.98. The van der Waals surface area contributed by atoms with Gasteiger partial charge in [0.05, 0.1) is 11.0 Å². The molecule has 0 bridgehead atoms. The van der Waals surface area contributed by atoms with Crippen LogP contribution < -0.4 is 0 Å².